The first-order valence-electron chi connectivity index (χ1n) is 11.6. The van der Waals surface area contributed by atoms with E-state index in [-0.39, 0.29) is 24.4 Å². The highest BCUT2D eigenvalue weighted by Crippen LogP contribution is 2.22. The molecule has 34 heavy (non-hydrogen) atoms. The molecular weight excluding hydrogens is 439 g/mol. The van der Waals surface area contributed by atoms with E-state index in [9.17, 15) is 18.8 Å². The monoisotopic (exact) mass is 468 g/mol. The van der Waals surface area contributed by atoms with Gasteiger partial charge in [0.2, 0.25) is 0 Å². The summed E-state index contributed by atoms with van der Waals surface area (Å²) in [6.07, 6.45) is 1.22. The Labute approximate surface area is 198 Å². The van der Waals surface area contributed by atoms with Crippen LogP contribution in [0.5, 0.6) is 5.75 Å². The molecule has 9 heteroatoms. The number of urea groups is 1. The quantitative estimate of drug-likeness (QED) is 0.661. The van der Waals surface area contributed by atoms with Gasteiger partial charge < -0.3 is 24.8 Å². The highest BCUT2D eigenvalue weighted by molar-refractivity contribution is 6.35. The smallest absolute Gasteiger partial charge is 0.321 e. The fraction of sp³-hybridized carbons (Fsp3) is 0.400. The third kappa shape index (κ3) is 5.47. The van der Waals surface area contributed by atoms with Crippen molar-refractivity contribution in [1.29, 1.82) is 0 Å². The number of likely N-dealkylation sites (tertiary alicyclic amines) is 1. The van der Waals surface area contributed by atoms with Gasteiger partial charge in [-0.25, -0.2) is 9.18 Å². The Balaban J connectivity index is 1.27. The highest BCUT2D eigenvalue weighted by Gasteiger charge is 2.38. The highest BCUT2D eigenvalue weighted by atomic mass is 19.1. The average Bonchev–Trinajstić information content (AvgIpc) is 2.84. The van der Waals surface area contributed by atoms with Gasteiger partial charge >= 0.3 is 17.8 Å². The maximum absolute atomic E-state index is 13.4. The lowest BCUT2D eigenvalue weighted by Gasteiger charge is -2.42. The predicted octanol–water partition coefficient (Wildman–Crippen LogP) is 3.09. The maximum Gasteiger partial charge on any atom is 0.321 e. The van der Waals surface area contributed by atoms with Crippen LogP contribution in [0.1, 0.15) is 25.3 Å². The summed E-state index contributed by atoms with van der Waals surface area (Å²) in [5, 5.41) is 2.89. The normalized spacial score (nSPS) is 17.2. The Hall–Kier alpha value is -3.62. The number of amides is 4. The zero-order valence-electron chi connectivity index (χ0n) is 19.2. The molecule has 2 heterocycles. The molecule has 2 aliphatic heterocycles. The lowest BCUT2D eigenvalue weighted by Crippen LogP contribution is -2.59. The van der Waals surface area contributed by atoms with Gasteiger partial charge in [-0.05, 0) is 61.7 Å². The molecule has 0 radical (unpaired) electrons. The summed E-state index contributed by atoms with van der Waals surface area (Å²) in [5.41, 5.74) is 1.34. The van der Waals surface area contributed by atoms with Crippen LogP contribution in [0, 0.1) is 5.82 Å². The first kappa shape index (κ1) is 23.5. The van der Waals surface area contributed by atoms with E-state index in [4.69, 9.17) is 4.74 Å². The maximum atomic E-state index is 13.4. The van der Waals surface area contributed by atoms with E-state index >= 15 is 0 Å². The third-order valence-electron chi connectivity index (χ3n) is 6.21. The molecular formula is C25H29FN4O4. The van der Waals surface area contributed by atoms with E-state index in [0.717, 1.165) is 5.75 Å². The SMILES string of the molecule is CCOc1ccc(NC(=O)N2CCC(N3CCN(Cc4cccc(F)c4)C(=O)C3=O)CC2)cc1. The molecule has 2 fully saturated rings. The van der Waals surface area contributed by atoms with Crippen molar-refractivity contribution in [1.82, 2.24) is 14.7 Å². The van der Waals surface area contributed by atoms with Crippen LogP contribution in [-0.2, 0) is 16.1 Å². The molecule has 0 aliphatic carbocycles. The molecule has 8 nitrogen and oxygen atoms in total. The van der Waals surface area contributed by atoms with Crippen molar-refractivity contribution in [2.24, 2.45) is 0 Å². The summed E-state index contributed by atoms with van der Waals surface area (Å²) in [5.74, 6) is -0.712. The van der Waals surface area contributed by atoms with Crippen molar-refractivity contribution in [2.45, 2.75) is 32.4 Å². The molecule has 0 unspecified atom stereocenters. The largest absolute Gasteiger partial charge is 0.494 e. The van der Waals surface area contributed by atoms with Gasteiger partial charge in [-0.1, -0.05) is 12.1 Å². The summed E-state index contributed by atoms with van der Waals surface area (Å²) in [6, 6.07) is 13.0. The summed E-state index contributed by atoms with van der Waals surface area (Å²) < 4.78 is 18.9. The number of piperazine rings is 1. The van der Waals surface area contributed by atoms with E-state index in [1.54, 1.807) is 34.1 Å². The van der Waals surface area contributed by atoms with Crippen LogP contribution in [-0.4, -0.2) is 71.4 Å². The topological polar surface area (TPSA) is 82.2 Å². The summed E-state index contributed by atoms with van der Waals surface area (Å²) in [4.78, 5) is 42.9. The second-order valence-corrected chi connectivity index (χ2v) is 8.46. The standard InChI is InChI=1S/C25H29FN4O4/c1-2-34-22-8-6-20(7-9-22)27-25(33)28-12-10-21(11-13-28)30-15-14-29(23(31)24(30)32)17-18-4-3-5-19(26)16-18/h3-9,16,21H,2,10-15,17H2,1H3,(H,27,33). The zero-order chi connectivity index (χ0) is 24.1. The number of carbonyl (C=O) groups excluding carboxylic acids is 3. The number of rotatable bonds is 6. The molecule has 1 N–H and O–H groups in total. The number of ether oxygens (including phenoxy) is 1. The molecule has 0 atom stereocenters. The second-order valence-electron chi connectivity index (χ2n) is 8.46. The van der Waals surface area contributed by atoms with Gasteiger partial charge in [-0.15, -0.1) is 0 Å². The van der Waals surface area contributed by atoms with Crippen molar-refractivity contribution in [3.63, 3.8) is 0 Å². The third-order valence-corrected chi connectivity index (χ3v) is 6.21. The van der Waals surface area contributed by atoms with Crippen LogP contribution in [0.3, 0.4) is 0 Å². The molecule has 0 aromatic heterocycles. The second kappa shape index (κ2) is 10.5. The number of piperidine rings is 1. The van der Waals surface area contributed by atoms with Crippen LogP contribution in [0.4, 0.5) is 14.9 Å². The number of halogens is 1. The molecule has 2 aliphatic rings. The van der Waals surface area contributed by atoms with Crippen LogP contribution in [0.15, 0.2) is 48.5 Å². The van der Waals surface area contributed by atoms with Crippen LogP contribution < -0.4 is 10.1 Å². The lowest BCUT2D eigenvalue weighted by molar-refractivity contribution is -0.158. The first-order valence-corrected chi connectivity index (χ1v) is 11.6. The summed E-state index contributed by atoms with van der Waals surface area (Å²) in [6.45, 7) is 4.53. The van der Waals surface area contributed by atoms with Crippen molar-refractivity contribution < 1.29 is 23.5 Å². The molecule has 2 aromatic carbocycles. The van der Waals surface area contributed by atoms with Gasteiger partial charge in [0, 0.05) is 44.5 Å². The molecule has 4 amide bonds. The summed E-state index contributed by atoms with van der Waals surface area (Å²) >= 11 is 0. The van der Waals surface area contributed by atoms with Gasteiger partial charge in [0.1, 0.15) is 11.6 Å². The minimum Gasteiger partial charge on any atom is -0.494 e. The number of carbonyl (C=O) groups is 3. The Morgan fingerprint density at radius 1 is 1.03 bits per heavy atom. The fourth-order valence-corrected chi connectivity index (χ4v) is 4.43. The number of anilines is 1. The first-order chi connectivity index (χ1) is 16.4. The minimum atomic E-state index is -0.564. The Morgan fingerprint density at radius 3 is 2.44 bits per heavy atom. The molecule has 180 valence electrons. The van der Waals surface area contributed by atoms with Crippen molar-refractivity contribution in [3.05, 3.63) is 59.9 Å². The van der Waals surface area contributed by atoms with Gasteiger partial charge in [0.25, 0.3) is 0 Å². The van der Waals surface area contributed by atoms with Crippen molar-refractivity contribution in [3.8, 4) is 5.75 Å². The van der Waals surface area contributed by atoms with Gasteiger partial charge in [0.05, 0.1) is 6.61 Å². The molecule has 0 saturated carbocycles. The molecule has 2 aromatic rings. The predicted molar refractivity (Wildman–Crippen MR) is 125 cm³/mol. The van der Waals surface area contributed by atoms with Crippen LogP contribution >= 0.6 is 0 Å². The Morgan fingerprint density at radius 2 is 1.76 bits per heavy atom. The van der Waals surface area contributed by atoms with E-state index < -0.39 is 11.8 Å². The molecule has 4 rings (SSSR count). The number of hydrogen-bond donors (Lipinski definition) is 1. The van der Waals surface area contributed by atoms with E-state index in [0.29, 0.717) is 56.9 Å². The molecule has 2 saturated heterocycles. The number of nitrogens with zero attached hydrogens (tertiary/aromatic N) is 3. The number of nitrogens with one attached hydrogen (secondary N) is 1. The van der Waals surface area contributed by atoms with Gasteiger partial charge in [-0.3, -0.25) is 9.59 Å². The van der Waals surface area contributed by atoms with E-state index in [2.05, 4.69) is 5.32 Å². The van der Waals surface area contributed by atoms with Crippen molar-refractivity contribution >= 4 is 23.5 Å². The number of benzene rings is 2. The van der Waals surface area contributed by atoms with Crippen LogP contribution in [0.2, 0.25) is 0 Å². The molecule has 0 bridgehead atoms. The van der Waals surface area contributed by atoms with Gasteiger partial charge in [0.15, 0.2) is 0 Å². The average molecular weight is 469 g/mol. The lowest BCUT2D eigenvalue weighted by atomic mass is 10.0. The number of hydrogen-bond acceptors (Lipinski definition) is 4. The van der Waals surface area contributed by atoms with E-state index in [1.807, 2.05) is 19.1 Å². The van der Waals surface area contributed by atoms with Crippen molar-refractivity contribution in [2.75, 3.05) is 38.1 Å². The summed E-state index contributed by atoms with van der Waals surface area (Å²) in [7, 11) is 0. The zero-order valence-corrected chi connectivity index (χ0v) is 19.2. The van der Waals surface area contributed by atoms with E-state index in [1.165, 1.54) is 17.0 Å². The fourth-order valence-electron chi connectivity index (χ4n) is 4.43. The van der Waals surface area contributed by atoms with Crippen LogP contribution in [0.25, 0.3) is 0 Å². The van der Waals surface area contributed by atoms with Gasteiger partial charge in [-0.2, -0.15) is 0 Å². The molecule has 0 spiro atoms. The minimum absolute atomic E-state index is 0.0812. The Kier molecular flexibility index (Phi) is 7.30. The Bertz CT molecular complexity index is 1040.